The molecule has 0 fully saturated rings. The van der Waals surface area contributed by atoms with Crippen LogP contribution >= 0.6 is 0 Å². The summed E-state index contributed by atoms with van der Waals surface area (Å²) in [5, 5.41) is 6.51. The van der Waals surface area contributed by atoms with Gasteiger partial charge in [0, 0.05) is 34.1 Å². The number of fused-ring (bicyclic) bond motifs is 1. The molecular weight excluding hydrogens is 376 g/mol. The van der Waals surface area contributed by atoms with Crippen molar-refractivity contribution in [3.05, 3.63) is 59.7 Å². The molecule has 2 aromatic rings. The molecule has 0 bridgehead atoms. The number of hydrogen-bond donors (Lipinski definition) is 2. The fourth-order valence-corrected chi connectivity index (χ4v) is 3.88. The topological polar surface area (TPSA) is 83.0 Å². The van der Waals surface area contributed by atoms with E-state index in [2.05, 4.69) is 21.7 Å². The maximum absolute atomic E-state index is 12.1. The molecule has 0 aliphatic carbocycles. The highest BCUT2D eigenvalue weighted by atomic mass is 32.2. The van der Waals surface area contributed by atoms with Crippen LogP contribution < -0.4 is 15.4 Å². The van der Waals surface area contributed by atoms with Crippen LogP contribution in [0.5, 0.6) is 5.75 Å². The largest absolute Gasteiger partial charge is 0.488 e. The zero-order chi connectivity index (χ0) is 20.1. The zero-order valence-electron chi connectivity index (χ0n) is 16.3. The molecule has 0 saturated carbocycles. The first kappa shape index (κ1) is 20.2. The molecule has 0 saturated heterocycles. The fraction of sp³-hybridized carbons (Fsp3) is 0.350. The summed E-state index contributed by atoms with van der Waals surface area (Å²) in [4.78, 5) is 4.51. The summed E-state index contributed by atoms with van der Waals surface area (Å²) in [6, 6.07) is 14.9. The Bertz CT molecular complexity index is 915. The SMILES string of the molecule is CN=C(NCc1ccc(S(=O)(=O)N(C)C)cc1)NCC1Cc2ccccc2O1. The van der Waals surface area contributed by atoms with Gasteiger partial charge in [-0.05, 0) is 29.3 Å². The third-order valence-corrected chi connectivity index (χ3v) is 6.43. The minimum Gasteiger partial charge on any atom is -0.488 e. The predicted molar refractivity (Wildman–Crippen MR) is 110 cm³/mol. The Morgan fingerprint density at radius 1 is 1.14 bits per heavy atom. The number of nitrogens with one attached hydrogen (secondary N) is 2. The van der Waals surface area contributed by atoms with Crippen molar-refractivity contribution in [2.45, 2.75) is 24.0 Å². The number of rotatable bonds is 6. The number of para-hydroxylation sites is 1. The minimum atomic E-state index is -3.41. The molecule has 28 heavy (non-hydrogen) atoms. The van der Waals surface area contributed by atoms with Crippen molar-refractivity contribution in [1.29, 1.82) is 0 Å². The lowest BCUT2D eigenvalue weighted by molar-refractivity contribution is 0.235. The van der Waals surface area contributed by atoms with Crippen LogP contribution in [0.15, 0.2) is 58.4 Å². The van der Waals surface area contributed by atoms with Crippen molar-refractivity contribution < 1.29 is 13.2 Å². The number of guanidine groups is 1. The van der Waals surface area contributed by atoms with Crippen molar-refractivity contribution in [2.24, 2.45) is 4.99 Å². The van der Waals surface area contributed by atoms with Crippen LogP contribution in [0.1, 0.15) is 11.1 Å². The lowest BCUT2D eigenvalue weighted by atomic mass is 10.1. The molecule has 1 atom stereocenters. The van der Waals surface area contributed by atoms with Crippen LogP contribution in [0.2, 0.25) is 0 Å². The van der Waals surface area contributed by atoms with E-state index in [9.17, 15) is 8.42 Å². The Balaban J connectivity index is 1.50. The van der Waals surface area contributed by atoms with E-state index in [0.717, 1.165) is 17.7 Å². The molecule has 0 spiro atoms. The smallest absolute Gasteiger partial charge is 0.242 e. The number of sulfonamides is 1. The fourth-order valence-electron chi connectivity index (χ4n) is 2.97. The molecule has 3 rings (SSSR count). The van der Waals surface area contributed by atoms with E-state index < -0.39 is 10.0 Å². The molecular formula is C20H26N4O3S. The summed E-state index contributed by atoms with van der Waals surface area (Å²) in [6.45, 7) is 1.18. The summed E-state index contributed by atoms with van der Waals surface area (Å²) in [6.07, 6.45) is 0.952. The molecule has 2 aromatic carbocycles. The highest BCUT2D eigenvalue weighted by Gasteiger charge is 2.22. The molecule has 7 nitrogen and oxygen atoms in total. The van der Waals surface area contributed by atoms with Crippen LogP contribution in [0.4, 0.5) is 0 Å². The number of nitrogens with zero attached hydrogens (tertiary/aromatic N) is 2. The summed E-state index contributed by atoms with van der Waals surface area (Å²) in [5.41, 5.74) is 2.19. The van der Waals surface area contributed by atoms with Gasteiger partial charge in [-0.2, -0.15) is 0 Å². The number of benzene rings is 2. The second-order valence-electron chi connectivity index (χ2n) is 6.79. The van der Waals surface area contributed by atoms with Crippen molar-refractivity contribution in [3.8, 4) is 5.75 Å². The normalized spacial score (nSPS) is 16.6. The molecule has 8 heteroatoms. The summed E-state index contributed by atoms with van der Waals surface area (Å²) < 4.78 is 31.4. The van der Waals surface area contributed by atoms with Crippen LogP contribution in [0.25, 0.3) is 0 Å². The van der Waals surface area contributed by atoms with Crippen molar-refractivity contribution in [2.75, 3.05) is 27.7 Å². The Morgan fingerprint density at radius 3 is 2.50 bits per heavy atom. The van der Waals surface area contributed by atoms with E-state index in [-0.39, 0.29) is 11.0 Å². The maximum atomic E-state index is 12.1. The van der Waals surface area contributed by atoms with Crippen molar-refractivity contribution >= 4 is 16.0 Å². The Labute approximate surface area is 166 Å². The van der Waals surface area contributed by atoms with Gasteiger partial charge in [-0.15, -0.1) is 0 Å². The van der Waals surface area contributed by atoms with E-state index in [1.165, 1.54) is 24.0 Å². The third kappa shape index (κ3) is 4.63. The van der Waals surface area contributed by atoms with Gasteiger partial charge in [-0.3, -0.25) is 4.99 Å². The van der Waals surface area contributed by atoms with E-state index in [1.807, 2.05) is 18.2 Å². The highest BCUT2D eigenvalue weighted by Crippen LogP contribution is 2.27. The number of ether oxygens (including phenoxy) is 1. The molecule has 1 aliphatic heterocycles. The van der Waals surface area contributed by atoms with Gasteiger partial charge >= 0.3 is 0 Å². The van der Waals surface area contributed by atoms with E-state index in [0.29, 0.717) is 19.0 Å². The van der Waals surface area contributed by atoms with E-state index in [4.69, 9.17) is 4.74 Å². The molecule has 2 N–H and O–H groups in total. The first-order valence-corrected chi connectivity index (χ1v) is 10.5. The molecule has 0 radical (unpaired) electrons. The lowest BCUT2D eigenvalue weighted by Crippen LogP contribution is -2.41. The maximum Gasteiger partial charge on any atom is 0.242 e. The van der Waals surface area contributed by atoms with Crippen LogP contribution in [0.3, 0.4) is 0 Å². The summed E-state index contributed by atoms with van der Waals surface area (Å²) >= 11 is 0. The minimum absolute atomic E-state index is 0.0754. The van der Waals surface area contributed by atoms with Gasteiger partial charge in [-0.25, -0.2) is 12.7 Å². The molecule has 1 heterocycles. The standard InChI is InChI=1S/C20H26N4O3S/c1-21-20(23-14-17-12-16-6-4-5-7-19(16)27-17)22-13-15-8-10-18(11-9-15)28(25,26)24(2)3/h4-11,17H,12-14H2,1-3H3,(H2,21,22,23). The van der Waals surface area contributed by atoms with Gasteiger partial charge in [-0.1, -0.05) is 30.3 Å². The lowest BCUT2D eigenvalue weighted by Gasteiger charge is -2.16. The number of hydrogen-bond acceptors (Lipinski definition) is 4. The zero-order valence-corrected chi connectivity index (χ0v) is 17.2. The van der Waals surface area contributed by atoms with E-state index >= 15 is 0 Å². The Kier molecular flexibility index (Phi) is 6.21. The Hall–Kier alpha value is -2.58. The second kappa shape index (κ2) is 8.62. The highest BCUT2D eigenvalue weighted by molar-refractivity contribution is 7.89. The first-order chi connectivity index (χ1) is 13.4. The predicted octanol–water partition coefficient (Wildman–Crippen LogP) is 1.61. The monoisotopic (exact) mass is 402 g/mol. The van der Waals surface area contributed by atoms with Crippen molar-refractivity contribution in [3.63, 3.8) is 0 Å². The average molecular weight is 403 g/mol. The molecule has 0 amide bonds. The third-order valence-electron chi connectivity index (χ3n) is 4.60. The summed E-state index contributed by atoms with van der Waals surface area (Å²) in [7, 11) is 1.35. The molecule has 150 valence electrons. The molecule has 0 aromatic heterocycles. The van der Waals surface area contributed by atoms with Gasteiger partial charge in [0.1, 0.15) is 11.9 Å². The van der Waals surface area contributed by atoms with Crippen LogP contribution in [-0.2, 0) is 23.0 Å². The molecule has 1 unspecified atom stereocenters. The van der Waals surface area contributed by atoms with Gasteiger partial charge in [0.2, 0.25) is 10.0 Å². The van der Waals surface area contributed by atoms with Gasteiger partial charge in [0.05, 0.1) is 11.4 Å². The van der Waals surface area contributed by atoms with Gasteiger partial charge in [0.15, 0.2) is 5.96 Å². The van der Waals surface area contributed by atoms with E-state index in [1.54, 1.807) is 31.3 Å². The average Bonchev–Trinajstić information content (AvgIpc) is 3.11. The summed E-state index contributed by atoms with van der Waals surface area (Å²) in [5.74, 6) is 1.62. The van der Waals surface area contributed by atoms with Crippen molar-refractivity contribution in [1.82, 2.24) is 14.9 Å². The van der Waals surface area contributed by atoms with Crippen LogP contribution in [0, 0.1) is 0 Å². The van der Waals surface area contributed by atoms with Gasteiger partial charge in [0.25, 0.3) is 0 Å². The Morgan fingerprint density at radius 2 is 1.86 bits per heavy atom. The number of aliphatic imine (C=N–C) groups is 1. The molecule has 1 aliphatic rings. The second-order valence-corrected chi connectivity index (χ2v) is 8.94. The first-order valence-electron chi connectivity index (χ1n) is 9.10. The van der Waals surface area contributed by atoms with Crippen LogP contribution in [-0.4, -0.2) is 52.5 Å². The van der Waals surface area contributed by atoms with Gasteiger partial charge < -0.3 is 15.4 Å². The quantitative estimate of drug-likeness (QED) is 0.567.